The number of aryl methyl sites for hydroxylation is 4. The van der Waals surface area contributed by atoms with Gasteiger partial charge in [-0.15, -0.1) is 0 Å². The topological polar surface area (TPSA) is 143 Å². The van der Waals surface area contributed by atoms with Gasteiger partial charge in [-0.25, -0.2) is 31.1 Å². The van der Waals surface area contributed by atoms with E-state index < -0.39 is 67.2 Å². The Balaban J connectivity index is 1.00. The Kier molecular flexibility index (Phi) is 10.5. The van der Waals surface area contributed by atoms with Gasteiger partial charge in [0.15, 0.2) is 0 Å². The van der Waals surface area contributed by atoms with Crippen molar-refractivity contribution in [2.75, 3.05) is 0 Å². The standard InChI is InChI=1S/C49H46F6N8O4/c1-27-41(29(3)66-59-27)33-15-39-44(57-19-33)38(24-61(39)25-46(50)9-12-48(52,53)13-10-46)35-20-58-63(21-35)22-36-17-49(54,55)14-11-47(36,51)26-62-23-37(31-5-7-32(8-6-31)45(64)65)43-40(62)16-34(18-56-43)42-28(2)60-67-30(42)4/h5-8,15-16,18-21,23-24,36H,9-14,17,22,25-26H2,1-4H3,(H,64,65). The molecule has 8 aromatic rings. The fraction of sp³-hybridized carbons (Fsp3) is 0.388. The average Bonchev–Trinajstić information content (AvgIpc) is 4.12. The van der Waals surface area contributed by atoms with Crippen LogP contribution >= 0.6 is 0 Å². The van der Waals surface area contributed by atoms with Crippen LogP contribution in [0.2, 0.25) is 0 Å². The molecule has 2 aliphatic carbocycles. The minimum atomic E-state index is -3.15. The third kappa shape index (κ3) is 8.17. The van der Waals surface area contributed by atoms with Crippen molar-refractivity contribution >= 4 is 28.0 Å². The van der Waals surface area contributed by atoms with Crippen LogP contribution < -0.4 is 0 Å². The van der Waals surface area contributed by atoms with Crippen LogP contribution in [0.4, 0.5) is 26.3 Å². The van der Waals surface area contributed by atoms with Crippen molar-refractivity contribution in [1.82, 2.24) is 39.2 Å². The van der Waals surface area contributed by atoms with Gasteiger partial charge in [-0.1, -0.05) is 22.4 Å². The Morgan fingerprint density at radius 2 is 1.21 bits per heavy atom. The summed E-state index contributed by atoms with van der Waals surface area (Å²) in [5.41, 5.74) is 4.37. The number of carboxylic acids is 1. The predicted molar refractivity (Wildman–Crippen MR) is 236 cm³/mol. The molecule has 1 N–H and O–H groups in total. The highest BCUT2D eigenvalue weighted by Crippen LogP contribution is 2.48. The van der Waals surface area contributed by atoms with Gasteiger partial charge in [0.05, 0.1) is 58.3 Å². The van der Waals surface area contributed by atoms with Crippen molar-refractivity contribution in [3.8, 4) is 44.5 Å². The number of pyridine rings is 2. The molecule has 2 saturated carbocycles. The summed E-state index contributed by atoms with van der Waals surface area (Å²) >= 11 is 0. The van der Waals surface area contributed by atoms with E-state index in [2.05, 4.69) is 15.4 Å². The zero-order valence-corrected chi connectivity index (χ0v) is 37.1. The minimum absolute atomic E-state index is 0.0864. The third-order valence-corrected chi connectivity index (χ3v) is 13.8. The first kappa shape index (κ1) is 44.1. The number of hydrogen-bond donors (Lipinski definition) is 1. The summed E-state index contributed by atoms with van der Waals surface area (Å²) in [5, 5.41) is 22.2. The van der Waals surface area contributed by atoms with Crippen LogP contribution in [0, 0.1) is 33.6 Å². The van der Waals surface area contributed by atoms with Gasteiger partial charge in [0, 0.05) is 108 Å². The van der Waals surface area contributed by atoms with Crippen molar-refractivity contribution in [2.45, 2.75) is 115 Å². The van der Waals surface area contributed by atoms with Gasteiger partial charge >= 0.3 is 5.97 Å². The monoisotopic (exact) mass is 924 g/mol. The summed E-state index contributed by atoms with van der Waals surface area (Å²) in [6.07, 6.45) is 6.28. The maximum atomic E-state index is 18.0. The molecule has 7 heterocycles. The van der Waals surface area contributed by atoms with Crippen molar-refractivity contribution in [2.24, 2.45) is 5.92 Å². The lowest BCUT2D eigenvalue weighted by atomic mass is 9.74. The average molecular weight is 925 g/mol. The van der Waals surface area contributed by atoms with Gasteiger partial charge in [-0.2, -0.15) is 5.10 Å². The zero-order valence-electron chi connectivity index (χ0n) is 37.1. The minimum Gasteiger partial charge on any atom is -0.478 e. The fourth-order valence-electron chi connectivity index (χ4n) is 10.2. The van der Waals surface area contributed by atoms with E-state index in [1.165, 1.54) is 23.0 Å². The zero-order chi connectivity index (χ0) is 47.2. The second kappa shape index (κ2) is 16.0. The molecular formula is C49H46F6N8O4. The van der Waals surface area contributed by atoms with Gasteiger partial charge in [0.25, 0.3) is 0 Å². The number of halogens is 6. The second-order valence-electron chi connectivity index (χ2n) is 18.6. The van der Waals surface area contributed by atoms with Crippen molar-refractivity contribution in [3.63, 3.8) is 0 Å². The molecule has 348 valence electrons. The van der Waals surface area contributed by atoms with Crippen LogP contribution in [0.3, 0.4) is 0 Å². The Hall–Kier alpha value is -6.72. The Labute approximate surface area is 379 Å². The number of aromatic nitrogens is 8. The number of alkyl halides is 6. The number of carbonyl (C=O) groups is 1. The maximum absolute atomic E-state index is 18.0. The van der Waals surface area contributed by atoms with Crippen LogP contribution in [0.15, 0.2) is 82.6 Å². The van der Waals surface area contributed by atoms with Crippen LogP contribution in [-0.2, 0) is 19.6 Å². The van der Waals surface area contributed by atoms with E-state index in [4.69, 9.17) is 19.0 Å². The van der Waals surface area contributed by atoms with Crippen LogP contribution in [0.5, 0.6) is 0 Å². The molecule has 2 unspecified atom stereocenters. The maximum Gasteiger partial charge on any atom is 0.335 e. The molecule has 0 bridgehead atoms. The first-order valence-corrected chi connectivity index (χ1v) is 22.1. The summed E-state index contributed by atoms with van der Waals surface area (Å²) < 4.78 is 109. The number of nitrogens with zero attached hydrogens (tertiary/aromatic N) is 8. The highest BCUT2D eigenvalue weighted by molar-refractivity contribution is 5.97. The van der Waals surface area contributed by atoms with Crippen molar-refractivity contribution < 1.29 is 45.3 Å². The van der Waals surface area contributed by atoms with E-state index in [1.807, 2.05) is 12.1 Å². The lowest BCUT2D eigenvalue weighted by Gasteiger charge is -2.41. The lowest BCUT2D eigenvalue weighted by Crippen LogP contribution is -2.47. The molecule has 67 heavy (non-hydrogen) atoms. The van der Waals surface area contributed by atoms with Crippen LogP contribution in [-0.4, -0.2) is 73.5 Å². The molecular weight excluding hydrogens is 879 g/mol. The van der Waals surface area contributed by atoms with Crippen molar-refractivity contribution in [1.29, 1.82) is 0 Å². The van der Waals surface area contributed by atoms with Crippen molar-refractivity contribution in [3.05, 3.63) is 102 Å². The highest BCUT2D eigenvalue weighted by Gasteiger charge is 2.51. The Bertz CT molecular complexity index is 3150. The van der Waals surface area contributed by atoms with E-state index in [9.17, 15) is 18.7 Å². The summed E-state index contributed by atoms with van der Waals surface area (Å²) in [4.78, 5) is 21.2. The molecule has 0 aliphatic heterocycles. The number of benzene rings is 1. The first-order chi connectivity index (χ1) is 31.8. The SMILES string of the molecule is Cc1noc(C)c1-c1cnc2c(-c3cnn(CC4CC(F)(F)CCC4(F)Cn4cc(-c5ccc(C(=O)O)cc5)c5ncc(-c6c(C)noc6C)cc54)c3)cn(CC3(F)CCC(F)(F)CC3)c2c1. The summed E-state index contributed by atoms with van der Waals surface area (Å²) in [5.74, 6) is -7.27. The fourth-order valence-corrected chi connectivity index (χ4v) is 10.2. The van der Waals surface area contributed by atoms with Crippen LogP contribution in [0.1, 0.15) is 78.2 Å². The molecule has 10 rings (SSSR count). The number of rotatable bonds is 11. The van der Waals surface area contributed by atoms with Gasteiger partial charge in [-0.3, -0.25) is 14.6 Å². The van der Waals surface area contributed by atoms with E-state index in [0.29, 0.717) is 78.4 Å². The van der Waals surface area contributed by atoms with Crippen LogP contribution in [0.25, 0.3) is 66.6 Å². The second-order valence-corrected chi connectivity index (χ2v) is 18.6. The van der Waals surface area contributed by atoms with Gasteiger partial charge in [0.1, 0.15) is 22.9 Å². The molecule has 12 nitrogen and oxygen atoms in total. The first-order valence-electron chi connectivity index (χ1n) is 22.1. The largest absolute Gasteiger partial charge is 0.478 e. The van der Waals surface area contributed by atoms with E-state index in [0.717, 1.165) is 11.1 Å². The molecule has 2 fully saturated rings. The number of hydrogen-bond acceptors (Lipinski definition) is 8. The molecule has 0 radical (unpaired) electrons. The summed E-state index contributed by atoms with van der Waals surface area (Å²) in [6, 6.07) is 9.91. The molecule has 2 aliphatic rings. The predicted octanol–water partition coefficient (Wildman–Crippen LogP) is 11.9. The molecule has 7 aromatic heterocycles. The highest BCUT2D eigenvalue weighted by atomic mass is 19.3. The third-order valence-electron chi connectivity index (χ3n) is 13.8. The lowest BCUT2D eigenvalue weighted by molar-refractivity contribution is -0.117. The van der Waals surface area contributed by atoms with E-state index in [-0.39, 0.29) is 38.0 Å². The van der Waals surface area contributed by atoms with E-state index in [1.54, 1.807) is 79.9 Å². The van der Waals surface area contributed by atoms with E-state index >= 15 is 17.6 Å². The normalized spacial score (nSPS) is 20.2. The number of carboxylic acid groups (broad SMARTS) is 1. The molecule has 18 heteroatoms. The summed E-state index contributed by atoms with van der Waals surface area (Å²) in [7, 11) is 0. The number of fused-ring (bicyclic) bond motifs is 2. The smallest absolute Gasteiger partial charge is 0.335 e. The molecule has 0 amide bonds. The molecule has 2 atom stereocenters. The van der Waals surface area contributed by atoms with Gasteiger partial charge in [-0.05, 0) is 76.8 Å². The molecule has 0 spiro atoms. The van der Waals surface area contributed by atoms with Gasteiger partial charge < -0.3 is 23.3 Å². The Morgan fingerprint density at radius 1 is 0.672 bits per heavy atom. The Morgan fingerprint density at radius 3 is 1.75 bits per heavy atom. The van der Waals surface area contributed by atoms with Gasteiger partial charge in [0.2, 0.25) is 11.8 Å². The quantitative estimate of drug-likeness (QED) is 0.125. The summed E-state index contributed by atoms with van der Waals surface area (Å²) in [6.45, 7) is 6.40. The number of aromatic carboxylic acids is 1. The molecule has 0 saturated heterocycles. The molecule has 1 aromatic carbocycles.